The monoisotopic (exact) mass is 490 g/mol. The van der Waals surface area contributed by atoms with Crippen LogP contribution in [0.2, 0.25) is 5.02 Å². The van der Waals surface area contributed by atoms with Gasteiger partial charge in [-0.05, 0) is 60.0 Å². The third-order valence-corrected chi connectivity index (χ3v) is 8.29. The minimum Gasteiger partial charge on any atom is -0.365 e. The summed E-state index contributed by atoms with van der Waals surface area (Å²) in [6.07, 6.45) is 1.59. The van der Waals surface area contributed by atoms with Crippen LogP contribution >= 0.6 is 11.6 Å². The van der Waals surface area contributed by atoms with Gasteiger partial charge in [-0.25, -0.2) is 21.6 Å². The number of nitrogens with zero attached hydrogens (tertiary/aromatic N) is 1. The number of benzene rings is 3. The zero-order valence-electron chi connectivity index (χ0n) is 17.4. The SMILES string of the molecule is CS(=O)(=O)c1ccc(S(=O)(=O)NC2Cc3cc(Cl)ccc3N(Cc3ccccc3)C2)cc1. The summed E-state index contributed by atoms with van der Waals surface area (Å²) in [4.78, 5) is 2.24. The average molecular weight is 491 g/mol. The molecule has 0 aromatic heterocycles. The molecule has 1 unspecified atom stereocenters. The summed E-state index contributed by atoms with van der Waals surface area (Å²) in [6.45, 7) is 1.13. The van der Waals surface area contributed by atoms with E-state index in [1.807, 2.05) is 48.5 Å². The molecular formula is C23H23ClN2O4S2. The highest BCUT2D eigenvalue weighted by molar-refractivity contribution is 7.90. The Morgan fingerprint density at radius 3 is 2.25 bits per heavy atom. The number of rotatable bonds is 6. The van der Waals surface area contributed by atoms with Crippen molar-refractivity contribution in [1.82, 2.24) is 4.72 Å². The van der Waals surface area contributed by atoms with Gasteiger partial charge < -0.3 is 4.90 Å². The largest absolute Gasteiger partial charge is 0.365 e. The quantitative estimate of drug-likeness (QED) is 0.570. The van der Waals surface area contributed by atoms with Crippen molar-refractivity contribution in [2.45, 2.75) is 28.8 Å². The van der Waals surface area contributed by atoms with Gasteiger partial charge in [-0.15, -0.1) is 0 Å². The maximum Gasteiger partial charge on any atom is 0.240 e. The zero-order chi connectivity index (χ0) is 22.9. The second kappa shape index (κ2) is 8.86. The van der Waals surface area contributed by atoms with Gasteiger partial charge in [-0.2, -0.15) is 0 Å². The Hall–Kier alpha value is -2.39. The molecule has 0 aliphatic carbocycles. The zero-order valence-corrected chi connectivity index (χ0v) is 19.8. The summed E-state index contributed by atoms with van der Waals surface area (Å²) in [5, 5.41) is 0.600. The first-order valence-electron chi connectivity index (χ1n) is 10.0. The van der Waals surface area contributed by atoms with E-state index in [0.717, 1.165) is 23.1 Å². The fourth-order valence-electron chi connectivity index (χ4n) is 3.91. The summed E-state index contributed by atoms with van der Waals surface area (Å²) in [7, 11) is -7.24. The van der Waals surface area contributed by atoms with Crippen molar-refractivity contribution in [2.75, 3.05) is 17.7 Å². The predicted octanol–water partition coefficient (Wildman–Crippen LogP) is 3.65. The Balaban J connectivity index is 1.59. The van der Waals surface area contributed by atoms with E-state index in [-0.39, 0.29) is 15.8 Å². The highest BCUT2D eigenvalue weighted by Gasteiger charge is 2.29. The van der Waals surface area contributed by atoms with Crippen molar-refractivity contribution in [3.8, 4) is 0 Å². The van der Waals surface area contributed by atoms with Crippen LogP contribution in [0.4, 0.5) is 5.69 Å². The summed E-state index contributed by atoms with van der Waals surface area (Å²) < 4.78 is 52.1. The molecule has 0 spiro atoms. The number of fused-ring (bicyclic) bond motifs is 1. The van der Waals surface area contributed by atoms with Crippen LogP contribution in [0.25, 0.3) is 0 Å². The lowest BCUT2D eigenvalue weighted by molar-refractivity contribution is 0.524. The third kappa shape index (κ3) is 5.15. The first-order valence-corrected chi connectivity index (χ1v) is 13.8. The normalized spacial score (nSPS) is 16.6. The summed E-state index contributed by atoms with van der Waals surface area (Å²) in [5.74, 6) is 0. The molecule has 1 heterocycles. The van der Waals surface area contributed by atoms with Crippen LogP contribution in [-0.2, 0) is 32.8 Å². The molecule has 0 saturated heterocycles. The molecule has 1 atom stereocenters. The smallest absolute Gasteiger partial charge is 0.240 e. The maximum absolute atomic E-state index is 13.0. The van der Waals surface area contributed by atoms with Gasteiger partial charge in [0.2, 0.25) is 10.0 Å². The molecule has 3 aromatic carbocycles. The van der Waals surface area contributed by atoms with E-state index in [1.54, 1.807) is 0 Å². The van der Waals surface area contributed by atoms with Crippen LogP contribution in [0.5, 0.6) is 0 Å². The summed E-state index contributed by atoms with van der Waals surface area (Å²) in [6, 6.07) is 20.5. The van der Waals surface area contributed by atoms with Crippen LogP contribution in [0.1, 0.15) is 11.1 Å². The van der Waals surface area contributed by atoms with Crippen LogP contribution in [0, 0.1) is 0 Å². The maximum atomic E-state index is 13.0. The molecule has 1 N–H and O–H groups in total. The van der Waals surface area contributed by atoms with Crippen LogP contribution in [0.15, 0.2) is 82.6 Å². The molecule has 4 rings (SSSR count). The van der Waals surface area contributed by atoms with E-state index < -0.39 is 19.9 Å². The fraction of sp³-hybridized carbons (Fsp3) is 0.217. The lowest BCUT2D eigenvalue weighted by Crippen LogP contribution is -2.48. The lowest BCUT2D eigenvalue weighted by atomic mass is 9.98. The molecule has 3 aromatic rings. The van der Waals surface area contributed by atoms with Gasteiger partial charge in [0, 0.05) is 36.1 Å². The van der Waals surface area contributed by atoms with E-state index in [1.165, 1.54) is 24.3 Å². The average Bonchev–Trinajstić information content (AvgIpc) is 2.73. The molecule has 0 fully saturated rings. The highest BCUT2D eigenvalue weighted by Crippen LogP contribution is 2.31. The fourth-order valence-corrected chi connectivity index (χ4v) is 5.96. The predicted molar refractivity (Wildman–Crippen MR) is 126 cm³/mol. The number of anilines is 1. The van der Waals surface area contributed by atoms with Crippen molar-refractivity contribution >= 4 is 37.1 Å². The molecular weight excluding hydrogens is 468 g/mol. The van der Waals surface area contributed by atoms with Crippen molar-refractivity contribution in [1.29, 1.82) is 0 Å². The number of halogens is 1. The Kier molecular flexibility index (Phi) is 6.31. The topological polar surface area (TPSA) is 83.5 Å². The molecule has 1 aliphatic heterocycles. The van der Waals surface area contributed by atoms with Gasteiger partial charge in [0.15, 0.2) is 9.84 Å². The molecule has 1 aliphatic rings. The number of nitrogens with one attached hydrogen (secondary N) is 1. The van der Waals surface area contributed by atoms with Gasteiger partial charge in [0.25, 0.3) is 0 Å². The van der Waals surface area contributed by atoms with Crippen molar-refractivity contribution < 1.29 is 16.8 Å². The van der Waals surface area contributed by atoms with Crippen LogP contribution in [0.3, 0.4) is 0 Å². The van der Waals surface area contributed by atoms with Crippen molar-refractivity contribution in [2.24, 2.45) is 0 Å². The molecule has 32 heavy (non-hydrogen) atoms. The standard InChI is InChI=1S/C23H23ClN2O4S2/c1-31(27,28)21-8-10-22(11-9-21)32(29,30)25-20-14-18-13-19(24)7-12-23(18)26(16-20)15-17-5-3-2-4-6-17/h2-13,20,25H,14-16H2,1H3. The minimum atomic E-state index is -3.84. The molecule has 9 heteroatoms. The molecule has 0 saturated carbocycles. The molecule has 168 valence electrons. The Labute approximate surface area is 193 Å². The molecule has 0 bridgehead atoms. The first-order chi connectivity index (χ1) is 15.1. The van der Waals surface area contributed by atoms with Crippen LogP contribution < -0.4 is 9.62 Å². The van der Waals surface area contributed by atoms with Crippen LogP contribution in [-0.4, -0.2) is 35.7 Å². The Morgan fingerprint density at radius 2 is 1.59 bits per heavy atom. The number of hydrogen-bond donors (Lipinski definition) is 1. The molecule has 6 nitrogen and oxygen atoms in total. The van der Waals surface area contributed by atoms with Gasteiger partial charge in [0.05, 0.1) is 9.79 Å². The first kappa shape index (κ1) is 22.8. The summed E-state index contributed by atoms with van der Waals surface area (Å²) >= 11 is 6.21. The van der Waals surface area contributed by atoms with Crippen molar-refractivity contribution in [3.63, 3.8) is 0 Å². The third-order valence-electron chi connectivity index (χ3n) is 5.39. The number of sulfonamides is 1. The summed E-state index contributed by atoms with van der Waals surface area (Å²) in [5.41, 5.74) is 3.12. The Morgan fingerprint density at radius 1 is 0.938 bits per heavy atom. The number of hydrogen-bond acceptors (Lipinski definition) is 5. The van der Waals surface area contributed by atoms with Gasteiger partial charge >= 0.3 is 0 Å². The van der Waals surface area contributed by atoms with E-state index in [4.69, 9.17) is 11.6 Å². The number of sulfone groups is 1. The van der Waals surface area contributed by atoms with E-state index >= 15 is 0 Å². The van der Waals surface area contributed by atoms with Gasteiger partial charge in [0.1, 0.15) is 0 Å². The van der Waals surface area contributed by atoms with E-state index in [0.29, 0.717) is 24.5 Å². The molecule has 0 radical (unpaired) electrons. The Bertz CT molecular complexity index is 1330. The highest BCUT2D eigenvalue weighted by atomic mass is 35.5. The van der Waals surface area contributed by atoms with E-state index in [2.05, 4.69) is 9.62 Å². The second-order valence-electron chi connectivity index (χ2n) is 7.91. The minimum absolute atomic E-state index is 0.0244. The van der Waals surface area contributed by atoms with Crippen molar-refractivity contribution in [3.05, 3.63) is 88.9 Å². The van der Waals surface area contributed by atoms with Gasteiger partial charge in [-0.1, -0.05) is 41.9 Å². The molecule has 0 amide bonds. The van der Waals surface area contributed by atoms with Gasteiger partial charge in [-0.3, -0.25) is 0 Å². The van der Waals surface area contributed by atoms with E-state index in [9.17, 15) is 16.8 Å². The lowest BCUT2D eigenvalue weighted by Gasteiger charge is -2.36. The second-order valence-corrected chi connectivity index (χ2v) is 12.1.